The third-order valence-corrected chi connectivity index (χ3v) is 3.13. The van der Waals surface area contributed by atoms with Gasteiger partial charge < -0.3 is 4.74 Å². The average molecular weight is 256 g/mol. The van der Waals surface area contributed by atoms with Crippen LogP contribution in [0.1, 0.15) is 23.6 Å². The van der Waals surface area contributed by atoms with Crippen molar-refractivity contribution >= 4 is 17.7 Å². The number of aryl methyl sites for hydroxylation is 2. The number of ether oxygens (including phenoxy) is 1. The minimum Gasteiger partial charge on any atom is -0.463 e. The Kier molecular flexibility index (Phi) is 5.48. The monoisotopic (exact) mass is 256 g/mol. The molecule has 4 heteroatoms. The van der Waals surface area contributed by atoms with Gasteiger partial charge in [0.25, 0.3) is 0 Å². The standard InChI is InChI=1S/C13H17FO2S/c1-4-16-13(15)12(14)17-8-11-6-9(2)5-10(3)7-11/h5-7,12H,4,8H2,1-3H3. The SMILES string of the molecule is CCOC(=O)C(F)SCc1cc(C)cc(C)c1. The van der Waals surface area contributed by atoms with Crippen molar-refractivity contribution in [1.82, 2.24) is 0 Å². The normalized spacial score (nSPS) is 12.2. The molecule has 1 atom stereocenters. The quantitative estimate of drug-likeness (QED) is 0.755. The maximum Gasteiger partial charge on any atom is 0.351 e. The van der Waals surface area contributed by atoms with E-state index in [1.54, 1.807) is 6.92 Å². The number of alkyl halides is 1. The molecule has 17 heavy (non-hydrogen) atoms. The number of rotatable bonds is 5. The lowest BCUT2D eigenvalue weighted by molar-refractivity contribution is -0.145. The summed E-state index contributed by atoms with van der Waals surface area (Å²) in [6.07, 6.45) is 0. The average Bonchev–Trinajstić information content (AvgIpc) is 2.25. The molecule has 0 aliphatic rings. The Bertz CT molecular complexity index is 373. The van der Waals surface area contributed by atoms with Gasteiger partial charge in [0.15, 0.2) is 0 Å². The summed E-state index contributed by atoms with van der Waals surface area (Å²) < 4.78 is 18.0. The smallest absolute Gasteiger partial charge is 0.351 e. The molecular formula is C13H17FO2S. The molecule has 1 aromatic rings. The van der Waals surface area contributed by atoms with Crippen molar-refractivity contribution in [3.8, 4) is 0 Å². The van der Waals surface area contributed by atoms with Crippen LogP contribution in [0.15, 0.2) is 18.2 Å². The molecule has 0 saturated carbocycles. The highest BCUT2D eigenvalue weighted by atomic mass is 32.2. The molecule has 0 bridgehead atoms. The van der Waals surface area contributed by atoms with E-state index < -0.39 is 11.5 Å². The van der Waals surface area contributed by atoms with Crippen molar-refractivity contribution in [2.75, 3.05) is 6.61 Å². The van der Waals surface area contributed by atoms with E-state index in [9.17, 15) is 9.18 Å². The van der Waals surface area contributed by atoms with Gasteiger partial charge in [-0.15, -0.1) is 11.8 Å². The van der Waals surface area contributed by atoms with E-state index >= 15 is 0 Å². The molecule has 94 valence electrons. The summed E-state index contributed by atoms with van der Waals surface area (Å²) in [6.45, 7) is 5.88. The molecule has 0 saturated heterocycles. The van der Waals surface area contributed by atoms with E-state index in [0.29, 0.717) is 5.75 Å². The van der Waals surface area contributed by atoms with Crippen LogP contribution in [0.25, 0.3) is 0 Å². The Labute approximate surface area is 106 Å². The highest BCUT2D eigenvalue weighted by molar-refractivity contribution is 7.99. The number of hydrogen-bond donors (Lipinski definition) is 0. The zero-order valence-electron chi connectivity index (χ0n) is 10.3. The minimum absolute atomic E-state index is 0.212. The molecule has 2 nitrogen and oxygen atoms in total. The van der Waals surface area contributed by atoms with Crippen LogP contribution in [0.3, 0.4) is 0 Å². The Balaban J connectivity index is 2.52. The number of benzene rings is 1. The lowest BCUT2D eigenvalue weighted by Gasteiger charge is -2.08. The van der Waals surface area contributed by atoms with Crippen molar-refractivity contribution in [1.29, 1.82) is 0 Å². The fourth-order valence-corrected chi connectivity index (χ4v) is 2.31. The molecule has 1 rings (SSSR count). The molecule has 0 aromatic heterocycles. The van der Waals surface area contributed by atoms with E-state index in [1.807, 2.05) is 26.0 Å². The Morgan fingerprint density at radius 1 is 1.35 bits per heavy atom. The molecule has 0 aliphatic heterocycles. The first kappa shape index (κ1) is 14.0. The maximum absolute atomic E-state index is 13.4. The van der Waals surface area contributed by atoms with Gasteiger partial charge in [-0.3, -0.25) is 0 Å². The highest BCUT2D eigenvalue weighted by Gasteiger charge is 2.18. The lowest BCUT2D eigenvalue weighted by atomic mass is 10.1. The van der Waals surface area contributed by atoms with Gasteiger partial charge >= 0.3 is 5.97 Å². The summed E-state index contributed by atoms with van der Waals surface area (Å²) >= 11 is 0.954. The van der Waals surface area contributed by atoms with Crippen LogP contribution >= 0.6 is 11.8 Å². The van der Waals surface area contributed by atoms with Crippen LogP contribution in [0, 0.1) is 13.8 Å². The van der Waals surface area contributed by atoms with Crippen molar-refractivity contribution in [2.45, 2.75) is 32.0 Å². The molecule has 0 N–H and O–H groups in total. The zero-order chi connectivity index (χ0) is 12.8. The summed E-state index contributed by atoms with van der Waals surface area (Å²) in [7, 11) is 0. The Morgan fingerprint density at radius 2 is 1.94 bits per heavy atom. The highest BCUT2D eigenvalue weighted by Crippen LogP contribution is 2.21. The topological polar surface area (TPSA) is 26.3 Å². The van der Waals surface area contributed by atoms with Gasteiger partial charge in [-0.2, -0.15) is 0 Å². The molecular weight excluding hydrogens is 239 g/mol. The molecule has 0 spiro atoms. The first-order chi connectivity index (χ1) is 8.02. The van der Waals surface area contributed by atoms with Crippen LogP contribution in [0.4, 0.5) is 4.39 Å². The van der Waals surface area contributed by atoms with Gasteiger partial charge in [0, 0.05) is 5.75 Å². The van der Waals surface area contributed by atoms with E-state index in [2.05, 4.69) is 10.8 Å². The number of carbonyl (C=O) groups is 1. The van der Waals surface area contributed by atoms with Crippen molar-refractivity contribution < 1.29 is 13.9 Å². The number of carbonyl (C=O) groups excluding carboxylic acids is 1. The zero-order valence-corrected chi connectivity index (χ0v) is 11.1. The first-order valence-corrected chi connectivity index (χ1v) is 6.57. The summed E-state index contributed by atoms with van der Waals surface area (Å²) in [6, 6.07) is 6.06. The molecule has 0 aliphatic carbocycles. The van der Waals surface area contributed by atoms with Gasteiger partial charge in [0.05, 0.1) is 6.61 Å². The maximum atomic E-state index is 13.4. The second kappa shape index (κ2) is 6.64. The molecule has 0 fully saturated rings. The van der Waals surface area contributed by atoms with Crippen LogP contribution in [-0.4, -0.2) is 18.1 Å². The molecule has 0 radical (unpaired) electrons. The first-order valence-electron chi connectivity index (χ1n) is 5.52. The van der Waals surface area contributed by atoms with E-state index in [0.717, 1.165) is 28.5 Å². The fraction of sp³-hybridized carbons (Fsp3) is 0.462. The third-order valence-electron chi connectivity index (χ3n) is 2.15. The van der Waals surface area contributed by atoms with E-state index in [4.69, 9.17) is 0 Å². The van der Waals surface area contributed by atoms with Gasteiger partial charge in [-0.25, -0.2) is 9.18 Å². The van der Waals surface area contributed by atoms with Gasteiger partial charge in [-0.05, 0) is 26.3 Å². The Morgan fingerprint density at radius 3 is 2.47 bits per heavy atom. The van der Waals surface area contributed by atoms with E-state index in [-0.39, 0.29) is 6.61 Å². The van der Waals surface area contributed by atoms with Gasteiger partial charge in [0.2, 0.25) is 5.50 Å². The van der Waals surface area contributed by atoms with Crippen molar-refractivity contribution in [3.05, 3.63) is 34.9 Å². The van der Waals surface area contributed by atoms with Crippen molar-refractivity contribution in [3.63, 3.8) is 0 Å². The van der Waals surface area contributed by atoms with Crippen LogP contribution in [-0.2, 0) is 15.3 Å². The Hall–Kier alpha value is -1.03. The van der Waals surface area contributed by atoms with Crippen LogP contribution in [0.5, 0.6) is 0 Å². The fourth-order valence-electron chi connectivity index (χ4n) is 1.60. The predicted octanol–water partition coefficient (Wildman–Crippen LogP) is 3.40. The molecule has 1 unspecified atom stereocenters. The number of halogens is 1. The summed E-state index contributed by atoms with van der Waals surface area (Å²) in [5.41, 5.74) is 1.72. The number of hydrogen-bond acceptors (Lipinski definition) is 3. The molecule has 0 heterocycles. The van der Waals surface area contributed by atoms with Gasteiger partial charge in [-0.1, -0.05) is 29.3 Å². The number of esters is 1. The summed E-state index contributed by atoms with van der Waals surface area (Å²) in [5.74, 6) is -0.315. The molecule has 1 aromatic carbocycles. The number of thioether (sulfide) groups is 1. The second-order valence-corrected chi connectivity index (χ2v) is 4.91. The largest absolute Gasteiger partial charge is 0.463 e. The van der Waals surface area contributed by atoms with Crippen LogP contribution < -0.4 is 0 Å². The molecule has 0 amide bonds. The second-order valence-electron chi connectivity index (χ2n) is 3.88. The summed E-state index contributed by atoms with van der Waals surface area (Å²) in [4.78, 5) is 11.1. The minimum atomic E-state index is -1.60. The predicted molar refractivity (Wildman–Crippen MR) is 68.7 cm³/mol. The van der Waals surface area contributed by atoms with Gasteiger partial charge in [0.1, 0.15) is 0 Å². The van der Waals surface area contributed by atoms with Crippen molar-refractivity contribution in [2.24, 2.45) is 0 Å². The van der Waals surface area contributed by atoms with E-state index in [1.165, 1.54) is 0 Å². The summed E-state index contributed by atoms with van der Waals surface area (Å²) in [5, 5.41) is 0. The lowest BCUT2D eigenvalue weighted by Crippen LogP contribution is -2.15. The van der Waals surface area contributed by atoms with Crippen LogP contribution in [0.2, 0.25) is 0 Å². The third kappa shape index (κ3) is 4.77.